The van der Waals surface area contributed by atoms with Gasteiger partial charge in [-0.15, -0.1) is 24.8 Å². The van der Waals surface area contributed by atoms with Crippen molar-refractivity contribution in [3.63, 3.8) is 0 Å². The summed E-state index contributed by atoms with van der Waals surface area (Å²) in [4.78, 5) is 2.52. The van der Waals surface area contributed by atoms with Crippen molar-refractivity contribution in [1.82, 2.24) is 10.2 Å². The highest BCUT2D eigenvalue weighted by Crippen LogP contribution is 2.21. The Balaban J connectivity index is 0.00000264. The molecule has 24 heavy (non-hydrogen) atoms. The zero-order valence-corrected chi connectivity index (χ0v) is 16.6. The first-order valence-electron chi connectivity index (χ1n) is 8.85. The summed E-state index contributed by atoms with van der Waals surface area (Å²) in [7, 11) is 0. The average molecular weight is 377 g/mol. The molecule has 2 N–H and O–H groups in total. The second kappa shape index (κ2) is 13.0. The lowest BCUT2D eigenvalue weighted by atomic mass is 9.95. The van der Waals surface area contributed by atoms with Crippen molar-refractivity contribution >= 4 is 24.8 Å². The molecule has 1 aromatic carbocycles. The van der Waals surface area contributed by atoms with Crippen molar-refractivity contribution in [2.45, 2.75) is 51.7 Å². The van der Waals surface area contributed by atoms with Crippen molar-refractivity contribution in [2.24, 2.45) is 5.92 Å². The summed E-state index contributed by atoms with van der Waals surface area (Å²) in [5, 5.41) is 14.3. The molecule has 0 saturated carbocycles. The van der Waals surface area contributed by atoms with E-state index in [0.29, 0.717) is 5.92 Å². The van der Waals surface area contributed by atoms with Crippen LogP contribution in [0, 0.1) is 5.92 Å². The number of hydrogen-bond acceptors (Lipinski definition) is 3. The van der Waals surface area contributed by atoms with E-state index in [1.165, 1.54) is 25.9 Å². The van der Waals surface area contributed by atoms with Gasteiger partial charge in [-0.25, -0.2) is 0 Å². The van der Waals surface area contributed by atoms with E-state index in [2.05, 4.69) is 24.1 Å². The quantitative estimate of drug-likeness (QED) is 0.682. The second-order valence-corrected chi connectivity index (χ2v) is 6.94. The standard InChI is InChI=1S/C19H32N2O.2ClH/c1-16(2)10-11-18(19(22)17-8-4-3-5-9-17)20-12-15-21-13-6-7-14-21;;/h3-5,8-9,16,18-20,22H,6-7,10-15H2,1-2H3;2*1H/t18-,19+;;/m0../s1. The molecule has 140 valence electrons. The summed E-state index contributed by atoms with van der Waals surface area (Å²) in [6.45, 7) is 9.03. The number of rotatable bonds is 9. The molecular weight excluding hydrogens is 343 g/mol. The minimum absolute atomic E-state index is 0. The lowest BCUT2D eigenvalue weighted by Crippen LogP contribution is -2.40. The second-order valence-electron chi connectivity index (χ2n) is 6.94. The van der Waals surface area contributed by atoms with Gasteiger partial charge in [0.25, 0.3) is 0 Å². The molecule has 1 aliphatic heterocycles. The van der Waals surface area contributed by atoms with E-state index in [1.54, 1.807) is 0 Å². The molecule has 0 amide bonds. The molecule has 0 aliphatic carbocycles. The fourth-order valence-corrected chi connectivity index (χ4v) is 3.18. The molecular formula is C19H34Cl2N2O. The van der Waals surface area contributed by atoms with E-state index in [-0.39, 0.29) is 30.9 Å². The van der Waals surface area contributed by atoms with Gasteiger partial charge in [0.2, 0.25) is 0 Å². The van der Waals surface area contributed by atoms with Crippen LogP contribution in [0.25, 0.3) is 0 Å². The summed E-state index contributed by atoms with van der Waals surface area (Å²) in [5.41, 5.74) is 1.02. The van der Waals surface area contributed by atoms with Gasteiger partial charge in [0.05, 0.1) is 6.10 Å². The minimum Gasteiger partial charge on any atom is -0.387 e. The monoisotopic (exact) mass is 376 g/mol. The van der Waals surface area contributed by atoms with Gasteiger partial charge in [-0.1, -0.05) is 44.2 Å². The number of aliphatic hydroxyl groups is 1. The van der Waals surface area contributed by atoms with E-state index < -0.39 is 6.10 Å². The Morgan fingerprint density at radius 3 is 2.25 bits per heavy atom. The van der Waals surface area contributed by atoms with Crippen molar-refractivity contribution in [1.29, 1.82) is 0 Å². The SMILES string of the molecule is CC(C)CC[C@H](NCCN1CCCC1)[C@H](O)c1ccccc1.Cl.Cl. The van der Waals surface area contributed by atoms with Crippen LogP contribution in [0.2, 0.25) is 0 Å². The van der Waals surface area contributed by atoms with E-state index in [1.807, 2.05) is 30.3 Å². The third-order valence-corrected chi connectivity index (χ3v) is 4.61. The number of benzene rings is 1. The molecule has 1 aromatic rings. The van der Waals surface area contributed by atoms with Crippen LogP contribution in [0.4, 0.5) is 0 Å². The van der Waals surface area contributed by atoms with Crippen molar-refractivity contribution in [3.05, 3.63) is 35.9 Å². The normalized spacial score (nSPS) is 17.2. The highest BCUT2D eigenvalue weighted by atomic mass is 35.5. The summed E-state index contributed by atoms with van der Waals surface area (Å²) < 4.78 is 0. The van der Waals surface area contributed by atoms with Crippen LogP contribution >= 0.6 is 24.8 Å². The van der Waals surface area contributed by atoms with Crippen molar-refractivity contribution < 1.29 is 5.11 Å². The first kappa shape index (κ1) is 23.7. The highest BCUT2D eigenvalue weighted by Gasteiger charge is 2.21. The molecule has 1 saturated heterocycles. The van der Waals surface area contributed by atoms with Crippen LogP contribution in [-0.4, -0.2) is 42.2 Å². The third kappa shape index (κ3) is 8.17. The Hall–Kier alpha value is -0.320. The van der Waals surface area contributed by atoms with E-state index in [4.69, 9.17) is 0 Å². The molecule has 0 radical (unpaired) electrons. The van der Waals surface area contributed by atoms with Gasteiger partial charge in [0.1, 0.15) is 0 Å². The lowest BCUT2D eigenvalue weighted by molar-refractivity contribution is 0.118. The maximum Gasteiger partial charge on any atom is 0.0942 e. The zero-order valence-electron chi connectivity index (χ0n) is 15.0. The molecule has 0 unspecified atom stereocenters. The lowest BCUT2D eigenvalue weighted by Gasteiger charge is -2.26. The van der Waals surface area contributed by atoms with Gasteiger partial charge < -0.3 is 15.3 Å². The van der Waals surface area contributed by atoms with Crippen LogP contribution in [0.15, 0.2) is 30.3 Å². The summed E-state index contributed by atoms with van der Waals surface area (Å²) in [6.07, 6.45) is 4.42. The van der Waals surface area contributed by atoms with Crippen LogP contribution in [-0.2, 0) is 0 Å². The fourth-order valence-electron chi connectivity index (χ4n) is 3.18. The molecule has 2 rings (SSSR count). The van der Waals surface area contributed by atoms with Crippen LogP contribution in [0.5, 0.6) is 0 Å². The summed E-state index contributed by atoms with van der Waals surface area (Å²) in [5.74, 6) is 0.672. The summed E-state index contributed by atoms with van der Waals surface area (Å²) >= 11 is 0. The molecule has 0 spiro atoms. The topological polar surface area (TPSA) is 35.5 Å². The maximum atomic E-state index is 10.7. The van der Waals surface area contributed by atoms with Crippen molar-refractivity contribution in [2.75, 3.05) is 26.2 Å². The first-order chi connectivity index (χ1) is 10.7. The predicted molar refractivity (Wildman–Crippen MR) is 107 cm³/mol. The molecule has 3 nitrogen and oxygen atoms in total. The number of aliphatic hydroxyl groups excluding tert-OH is 1. The minimum atomic E-state index is -0.418. The largest absolute Gasteiger partial charge is 0.387 e. The Labute approximate surface area is 160 Å². The molecule has 1 aliphatic rings. The van der Waals surface area contributed by atoms with Gasteiger partial charge in [-0.3, -0.25) is 0 Å². The highest BCUT2D eigenvalue weighted by molar-refractivity contribution is 5.85. The number of likely N-dealkylation sites (tertiary alicyclic amines) is 1. The molecule has 0 aromatic heterocycles. The van der Waals surface area contributed by atoms with Gasteiger partial charge in [-0.05, 0) is 50.3 Å². The molecule has 5 heteroatoms. The molecule has 1 fully saturated rings. The zero-order chi connectivity index (χ0) is 15.8. The maximum absolute atomic E-state index is 10.7. The Bertz CT molecular complexity index is 411. The van der Waals surface area contributed by atoms with Gasteiger partial charge in [0.15, 0.2) is 0 Å². The predicted octanol–water partition coefficient (Wildman–Crippen LogP) is 4.05. The summed E-state index contributed by atoms with van der Waals surface area (Å²) in [6, 6.07) is 10.2. The van der Waals surface area contributed by atoms with E-state index in [9.17, 15) is 5.11 Å². The third-order valence-electron chi connectivity index (χ3n) is 4.61. The Morgan fingerprint density at radius 2 is 1.67 bits per heavy atom. The van der Waals surface area contributed by atoms with Gasteiger partial charge in [-0.2, -0.15) is 0 Å². The van der Waals surface area contributed by atoms with Crippen LogP contribution in [0.1, 0.15) is 51.2 Å². The number of hydrogen-bond donors (Lipinski definition) is 2. The van der Waals surface area contributed by atoms with Gasteiger partial charge in [0, 0.05) is 19.1 Å². The fraction of sp³-hybridized carbons (Fsp3) is 0.684. The molecule has 2 atom stereocenters. The average Bonchev–Trinajstić information content (AvgIpc) is 3.04. The van der Waals surface area contributed by atoms with E-state index >= 15 is 0 Å². The smallest absolute Gasteiger partial charge is 0.0942 e. The number of nitrogens with zero attached hydrogens (tertiary/aromatic N) is 1. The Morgan fingerprint density at radius 1 is 1.04 bits per heavy atom. The van der Waals surface area contributed by atoms with Gasteiger partial charge >= 0.3 is 0 Å². The molecule has 1 heterocycles. The number of halogens is 2. The Kier molecular flexibility index (Phi) is 12.8. The molecule has 0 bridgehead atoms. The van der Waals surface area contributed by atoms with Crippen LogP contribution in [0.3, 0.4) is 0 Å². The number of nitrogens with one attached hydrogen (secondary N) is 1. The van der Waals surface area contributed by atoms with Crippen LogP contribution < -0.4 is 5.32 Å². The van der Waals surface area contributed by atoms with Crippen molar-refractivity contribution in [3.8, 4) is 0 Å². The first-order valence-corrected chi connectivity index (χ1v) is 8.85. The van der Waals surface area contributed by atoms with E-state index in [0.717, 1.165) is 31.5 Å².